The Bertz CT molecular complexity index is 1060. The molecule has 1 aromatic heterocycles. The number of nitrogens with one attached hydrogen (secondary N) is 1. The number of halogens is 1. The molecule has 0 saturated carbocycles. The minimum absolute atomic E-state index is 0.134. The van der Waals surface area contributed by atoms with Gasteiger partial charge in [0, 0.05) is 11.0 Å². The molecule has 0 bridgehead atoms. The van der Waals surface area contributed by atoms with E-state index in [2.05, 4.69) is 38.0 Å². The molecular formula is C22H23BrN4O3S. The van der Waals surface area contributed by atoms with Crippen molar-refractivity contribution < 1.29 is 14.3 Å². The van der Waals surface area contributed by atoms with E-state index in [9.17, 15) is 4.79 Å². The van der Waals surface area contributed by atoms with Crippen LogP contribution in [0, 0.1) is 0 Å². The molecule has 1 atom stereocenters. The monoisotopic (exact) mass is 502 g/mol. The first-order valence-electron chi connectivity index (χ1n) is 9.54. The number of aromatic nitrogens is 3. The van der Waals surface area contributed by atoms with Gasteiger partial charge in [0.1, 0.15) is 0 Å². The summed E-state index contributed by atoms with van der Waals surface area (Å²) in [4.78, 5) is 12.4. The summed E-state index contributed by atoms with van der Waals surface area (Å²) in [6.07, 6.45) is 1.38. The molecule has 162 valence electrons. The number of rotatable bonds is 10. The van der Waals surface area contributed by atoms with Crippen LogP contribution in [0.5, 0.6) is 11.5 Å². The van der Waals surface area contributed by atoms with Gasteiger partial charge in [0.2, 0.25) is 5.91 Å². The summed E-state index contributed by atoms with van der Waals surface area (Å²) in [5.74, 6) is 1.96. The smallest absolute Gasteiger partial charge is 0.234 e. The highest BCUT2D eigenvalue weighted by molar-refractivity contribution is 9.10. The van der Waals surface area contributed by atoms with Crippen LogP contribution in [0.3, 0.4) is 0 Å². The molecule has 0 aliphatic rings. The van der Waals surface area contributed by atoms with E-state index >= 15 is 0 Å². The Balaban J connectivity index is 1.70. The molecule has 3 rings (SSSR count). The number of carbonyl (C=O) groups excluding carboxylic acids is 1. The number of carbonyl (C=O) groups is 1. The fourth-order valence-electron chi connectivity index (χ4n) is 2.85. The zero-order valence-electron chi connectivity index (χ0n) is 17.2. The van der Waals surface area contributed by atoms with Gasteiger partial charge in [0.15, 0.2) is 28.6 Å². The van der Waals surface area contributed by atoms with Gasteiger partial charge in [0.05, 0.1) is 18.6 Å². The standard InChI is InChI=1S/C22H23BrN4O3S/c1-4-13-27-21(15(2)30-19-12-8-7-11-18(19)29-3)25-26-22(27)31-14-20(28)24-17-10-6-5-9-16(17)23/h4-12,15H,1,13-14H2,2-3H3,(H,24,28). The Morgan fingerprint density at radius 3 is 2.65 bits per heavy atom. The highest BCUT2D eigenvalue weighted by atomic mass is 79.9. The minimum atomic E-state index is -0.382. The van der Waals surface area contributed by atoms with Crippen LogP contribution >= 0.6 is 27.7 Å². The lowest BCUT2D eigenvalue weighted by molar-refractivity contribution is -0.113. The molecule has 2 aromatic carbocycles. The van der Waals surface area contributed by atoms with Gasteiger partial charge in [-0.05, 0) is 47.1 Å². The first-order chi connectivity index (χ1) is 15.0. The first kappa shape index (κ1) is 22.9. The molecule has 31 heavy (non-hydrogen) atoms. The second-order valence-corrected chi connectivity index (χ2v) is 8.26. The van der Waals surface area contributed by atoms with E-state index in [0.29, 0.717) is 29.0 Å². The maximum absolute atomic E-state index is 12.4. The van der Waals surface area contributed by atoms with Gasteiger partial charge in [-0.2, -0.15) is 0 Å². The lowest BCUT2D eigenvalue weighted by Crippen LogP contribution is -2.16. The molecule has 9 heteroatoms. The first-order valence-corrected chi connectivity index (χ1v) is 11.3. The third kappa shape index (κ3) is 5.89. The molecule has 7 nitrogen and oxygen atoms in total. The molecule has 3 aromatic rings. The van der Waals surface area contributed by atoms with Gasteiger partial charge >= 0.3 is 0 Å². The molecular weight excluding hydrogens is 480 g/mol. The molecule has 0 saturated heterocycles. The SMILES string of the molecule is C=CCn1c(SCC(=O)Nc2ccccc2Br)nnc1C(C)Oc1ccccc1OC. The fraction of sp³-hybridized carbons (Fsp3) is 0.227. The van der Waals surface area contributed by atoms with Crippen molar-refractivity contribution in [2.75, 3.05) is 18.2 Å². The summed E-state index contributed by atoms with van der Waals surface area (Å²) in [6, 6.07) is 14.9. The van der Waals surface area contributed by atoms with Crippen LogP contribution in [0.4, 0.5) is 5.69 Å². The van der Waals surface area contributed by atoms with E-state index in [1.54, 1.807) is 13.2 Å². The predicted molar refractivity (Wildman–Crippen MR) is 126 cm³/mol. The Morgan fingerprint density at radius 2 is 1.94 bits per heavy atom. The molecule has 0 fully saturated rings. The summed E-state index contributed by atoms with van der Waals surface area (Å²) >= 11 is 4.73. The van der Waals surface area contributed by atoms with Crippen LogP contribution in [0.1, 0.15) is 18.9 Å². The van der Waals surface area contributed by atoms with Crippen molar-refractivity contribution in [3.05, 3.63) is 71.5 Å². The summed E-state index contributed by atoms with van der Waals surface area (Å²) in [5.41, 5.74) is 0.722. The zero-order valence-corrected chi connectivity index (χ0v) is 19.6. The zero-order chi connectivity index (χ0) is 22.2. The van der Waals surface area contributed by atoms with Crippen molar-refractivity contribution >= 4 is 39.3 Å². The Morgan fingerprint density at radius 1 is 1.23 bits per heavy atom. The van der Waals surface area contributed by atoms with Crippen LogP contribution in [-0.4, -0.2) is 33.5 Å². The van der Waals surface area contributed by atoms with Crippen LogP contribution in [0.25, 0.3) is 0 Å². The molecule has 0 spiro atoms. The van der Waals surface area contributed by atoms with Gasteiger partial charge in [-0.15, -0.1) is 16.8 Å². The van der Waals surface area contributed by atoms with Crippen LogP contribution < -0.4 is 14.8 Å². The maximum atomic E-state index is 12.4. The number of methoxy groups -OCH3 is 1. The fourth-order valence-corrected chi connectivity index (χ4v) is 3.99. The number of nitrogens with zero attached hydrogens (tertiary/aromatic N) is 3. The molecule has 0 aliphatic carbocycles. The van der Waals surface area contributed by atoms with Gasteiger partial charge in [0.25, 0.3) is 0 Å². The van der Waals surface area contributed by atoms with Gasteiger partial charge < -0.3 is 14.8 Å². The average molecular weight is 503 g/mol. The number of thioether (sulfide) groups is 1. The number of para-hydroxylation sites is 3. The maximum Gasteiger partial charge on any atom is 0.234 e. The van der Waals surface area contributed by atoms with E-state index in [1.807, 2.05) is 60.0 Å². The van der Waals surface area contributed by atoms with E-state index in [-0.39, 0.29) is 17.8 Å². The topological polar surface area (TPSA) is 78.3 Å². The minimum Gasteiger partial charge on any atom is -0.493 e. The van der Waals surface area contributed by atoms with Crippen LogP contribution in [0.15, 0.2) is 70.8 Å². The van der Waals surface area contributed by atoms with Gasteiger partial charge in [-0.3, -0.25) is 9.36 Å². The number of anilines is 1. The number of benzene rings is 2. The number of amides is 1. The Labute approximate surface area is 194 Å². The highest BCUT2D eigenvalue weighted by Crippen LogP contribution is 2.31. The average Bonchev–Trinajstić information content (AvgIpc) is 3.17. The van der Waals surface area contributed by atoms with E-state index in [0.717, 1.165) is 10.2 Å². The van der Waals surface area contributed by atoms with Crippen molar-refractivity contribution in [1.29, 1.82) is 0 Å². The molecule has 1 heterocycles. The van der Waals surface area contributed by atoms with Gasteiger partial charge in [-0.25, -0.2) is 0 Å². The summed E-state index contributed by atoms with van der Waals surface area (Å²) in [5, 5.41) is 12.1. The third-order valence-corrected chi connectivity index (χ3v) is 5.93. The predicted octanol–water partition coefficient (Wildman–Crippen LogP) is 5.11. The summed E-state index contributed by atoms with van der Waals surface area (Å²) in [7, 11) is 1.60. The van der Waals surface area contributed by atoms with E-state index in [1.165, 1.54) is 11.8 Å². The largest absolute Gasteiger partial charge is 0.493 e. The number of ether oxygens (including phenoxy) is 2. The van der Waals surface area contributed by atoms with Gasteiger partial charge in [-0.1, -0.05) is 42.1 Å². The molecule has 1 N–H and O–H groups in total. The lowest BCUT2D eigenvalue weighted by atomic mass is 10.3. The third-order valence-electron chi connectivity index (χ3n) is 4.27. The van der Waals surface area contributed by atoms with Crippen LogP contribution in [0.2, 0.25) is 0 Å². The van der Waals surface area contributed by atoms with Crippen molar-refractivity contribution in [1.82, 2.24) is 14.8 Å². The quantitative estimate of drug-likeness (QED) is 0.306. The number of allylic oxidation sites excluding steroid dienone is 1. The van der Waals surface area contributed by atoms with E-state index in [4.69, 9.17) is 9.47 Å². The normalized spacial score (nSPS) is 11.6. The number of hydrogen-bond donors (Lipinski definition) is 1. The van der Waals surface area contributed by atoms with Crippen molar-refractivity contribution in [2.24, 2.45) is 0 Å². The second kappa shape index (κ2) is 11.0. The van der Waals surface area contributed by atoms with E-state index < -0.39 is 0 Å². The summed E-state index contributed by atoms with van der Waals surface area (Å²) < 4.78 is 14.1. The molecule has 0 aliphatic heterocycles. The second-order valence-electron chi connectivity index (χ2n) is 6.47. The highest BCUT2D eigenvalue weighted by Gasteiger charge is 2.21. The lowest BCUT2D eigenvalue weighted by Gasteiger charge is -2.17. The van der Waals surface area contributed by atoms with Crippen molar-refractivity contribution in [2.45, 2.75) is 24.7 Å². The Kier molecular flexibility index (Phi) is 8.13. The Hall–Kier alpha value is -2.78. The molecule has 1 amide bonds. The molecule has 1 unspecified atom stereocenters. The van der Waals surface area contributed by atoms with Crippen molar-refractivity contribution in [3.63, 3.8) is 0 Å². The number of hydrogen-bond acceptors (Lipinski definition) is 6. The molecule has 0 radical (unpaired) electrons. The van der Waals surface area contributed by atoms with Crippen molar-refractivity contribution in [3.8, 4) is 11.5 Å². The summed E-state index contributed by atoms with van der Waals surface area (Å²) in [6.45, 7) is 6.21. The van der Waals surface area contributed by atoms with Crippen LogP contribution in [-0.2, 0) is 11.3 Å².